The molecule has 1 heterocycles. The van der Waals surface area contributed by atoms with Gasteiger partial charge < -0.3 is 10.0 Å². The summed E-state index contributed by atoms with van der Waals surface area (Å²) in [6, 6.07) is 0. The number of hydrogen-bond acceptors (Lipinski definition) is 4. The Hall–Kier alpha value is -1.36. The summed E-state index contributed by atoms with van der Waals surface area (Å²) in [6.45, 7) is 2.99. The van der Waals surface area contributed by atoms with Gasteiger partial charge >= 0.3 is 5.97 Å². The molecule has 0 spiro atoms. The van der Waals surface area contributed by atoms with Crippen molar-refractivity contribution in [3.8, 4) is 0 Å². The van der Waals surface area contributed by atoms with Gasteiger partial charge in [0.15, 0.2) is 0 Å². The van der Waals surface area contributed by atoms with Crippen molar-refractivity contribution in [2.24, 2.45) is 0 Å². The number of nitrogens with zero attached hydrogens (tertiary/aromatic N) is 3. The summed E-state index contributed by atoms with van der Waals surface area (Å²) in [5, 5.41) is 8.88. The molecule has 0 bridgehead atoms. The summed E-state index contributed by atoms with van der Waals surface area (Å²) in [5.74, 6) is -0.227. The predicted molar refractivity (Wildman–Crippen MR) is 57.2 cm³/mol. The SMILES string of the molecule is CCN(CCC(=O)O)c1cncc(Cl)n1. The van der Waals surface area contributed by atoms with Crippen LogP contribution in [0.1, 0.15) is 13.3 Å². The summed E-state index contributed by atoms with van der Waals surface area (Å²) >= 11 is 5.69. The first-order chi connectivity index (χ1) is 7.13. The van der Waals surface area contributed by atoms with Gasteiger partial charge in [-0.05, 0) is 6.92 Å². The van der Waals surface area contributed by atoms with Gasteiger partial charge in [-0.15, -0.1) is 0 Å². The first-order valence-electron chi connectivity index (χ1n) is 4.57. The molecule has 0 aromatic carbocycles. The van der Waals surface area contributed by atoms with Crippen molar-refractivity contribution >= 4 is 23.4 Å². The van der Waals surface area contributed by atoms with E-state index in [1.165, 1.54) is 6.20 Å². The van der Waals surface area contributed by atoms with E-state index in [-0.39, 0.29) is 6.42 Å². The minimum atomic E-state index is -0.830. The number of carboxylic acid groups (broad SMARTS) is 1. The van der Waals surface area contributed by atoms with E-state index in [9.17, 15) is 4.79 Å². The number of halogens is 1. The highest BCUT2D eigenvalue weighted by atomic mass is 35.5. The monoisotopic (exact) mass is 229 g/mol. The second kappa shape index (κ2) is 5.50. The van der Waals surface area contributed by atoms with Crippen molar-refractivity contribution in [1.82, 2.24) is 9.97 Å². The van der Waals surface area contributed by atoms with Gasteiger partial charge in [-0.3, -0.25) is 9.78 Å². The van der Waals surface area contributed by atoms with Gasteiger partial charge in [0.2, 0.25) is 0 Å². The van der Waals surface area contributed by atoms with E-state index in [1.54, 1.807) is 6.20 Å². The lowest BCUT2D eigenvalue weighted by atomic mass is 10.4. The van der Waals surface area contributed by atoms with Crippen molar-refractivity contribution in [2.45, 2.75) is 13.3 Å². The van der Waals surface area contributed by atoms with Crippen LogP contribution in [0.3, 0.4) is 0 Å². The highest BCUT2D eigenvalue weighted by Gasteiger charge is 2.08. The summed E-state index contributed by atoms with van der Waals surface area (Å²) in [6.07, 6.45) is 3.08. The number of anilines is 1. The highest BCUT2D eigenvalue weighted by Crippen LogP contribution is 2.12. The molecule has 0 saturated carbocycles. The summed E-state index contributed by atoms with van der Waals surface area (Å²) in [5.41, 5.74) is 0. The maximum atomic E-state index is 10.4. The van der Waals surface area contributed by atoms with Crippen LogP contribution in [0, 0.1) is 0 Å². The fourth-order valence-corrected chi connectivity index (χ4v) is 1.29. The third kappa shape index (κ3) is 3.71. The van der Waals surface area contributed by atoms with Crippen LogP contribution in [0.15, 0.2) is 12.4 Å². The molecule has 1 N–H and O–H groups in total. The van der Waals surface area contributed by atoms with Crippen LogP contribution in [-0.4, -0.2) is 34.1 Å². The molecule has 1 rings (SSSR count). The molecule has 0 aliphatic carbocycles. The van der Waals surface area contributed by atoms with Gasteiger partial charge in [-0.2, -0.15) is 0 Å². The average molecular weight is 230 g/mol. The fourth-order valence-electron chi connectivity index (χ4n) is 1.15. The highest BCUT2D eigenvalue weighted by molar-refractivity contribution is 6.29. The van der Waals surface area contributed by atoms with Crippen molar-refractivity contribution in [3.63, 3.8) is 0 Å². The molecule has 6 heteroatoms. The zero-order valence-electron chi connectivity index (χ0n) is 8.35. The predicted octanol–water partition coefficient (Wildman–Crippen LogP) is 1.43. The van der Waals surface area contributed by atoms with E-state index in [0.717, 1.165) is 0 Å². The summed E-state index contributed by atoms with van der Waals surface area (Å²) in [4.78, 5) is 20.2. The molecule has 0 saturated heterocycles. The quantitative estimate of drug-likeness (QED) is 0.828. The Morgan fingerprint density at radius 1 is 1.60 bits per heavy atom. The molecular formula is C9H12ClN3O2. The van der Waals surface area contributed by atoms with Gasteiger partial charge in [0.1, 0.15) is 11.0 Å². The first kappa shape index (κ1) is 11.7. The molecule has 0 fully saturated rings. The molecule has 5 nitrogen and oxygen atoms in total. The topological polar surface area (TPSA) is 66.3 Å². The van der Waals surface area contributed by atoms with E-state index < -0.39 is 5.97 Å². The Bertz CT molecular complexity index is 346. The van der Waals surface area contributed by atoms with Crippen LogP contribution in [0.4, 0.5) is 5.82 Å². The lowest BCUT2D eigenvalue weighted by Gasteiger charge is -2.20. The summed E-state index contributed by atoms with van der Waals surface area (Å²) in [7, 11) is 0. The maximum Gasteiger partial charge on any atom is 0.305 e. The Morgan fingerprint density at radius 2 is 2.33 bits per heavy atom. The Kier molecular flexibility index (Phi) is 4.30. The lowest BCUT2D eigenvalue weighted by molar-refractivity contribution is -0.136. The summed E-state index contributed by atoms with van der Waals surface area (Å²) < 4.78 is 0. The van der Waals surface area contributed by atoms with Crippen molar-refractivity contribution in [2.75, 3.05) is 18.0 Å². The number of carbonyl (C=O) groups is 1. The molecule has 82 valence electrons. The molecular weight excluding hydrogens is 218 g/mol. The van der Waals surface area contributed by atoms with Crippen molar-refractivity contribution in [3.05, 3.63) is 17.5 Å². The standard InChI is InChI=1S/C9H12ClN3O2/c1-2-13(4-3-9(14)15)8-6-11-5-7(10)12-8/h5-6H,2-4H2,1H3,(H,14,15). The minimum absolute atomic E-state index is 0.0715. The molecule has 0 atom stereocenters. The second-order valence-electron chi connectivity index (χ2n) is 2.92. The molecule has 0 amide bonds. The lowest BCUT2D eigenvalue weighted by Crippen LogP contribution is -2.26. The van der Waals surface area contributed by atoms with Gasteiger partial charge in [-0.1, -0.05) is 11.6 Å². The van der Waals surface area contributed by atoms with Gasteiger partial charge in [0, 0.05) is 13.1 Å². The third-order valence-corrected chi connectivity index (χ3v) is 2.08. The number of rotatable bonds is 5. The van der Waals surface area contributed by atoms with Gasteiger partial charge in [0.05, 0.1) is 18.8 Å². The van der Waals surface area contributed by atoms with Crippen LogP contribution >= 0.6 is 11.6 Å². The van der Waals surface area contributed by atoms with E-state index in [2.05, 4.69) is 9.97 Å². The van der Waals surface area contributed by atoms with E-state index >= 15 is 0 Å². The zero-order chi connectivity index (χ0) is 11.3. The molecule has 1 aromatic rings. The molecule has 0 aliphatic rings. The number of hydrogen-bond donors (Lipinski definition) is 1. The molecule has 15 heavy (non-hydrogen) atoms. The van der Waals surface area contributed by atoms with Crippen molar-refractivity contribution < 1.29 is 9.90 Å². The van der Waals surface area contributed by atoms with Crippen LogP contribution in [0.2, 0.25) is 5.15 Å². The number of aliphatic carboxylic acids is 1. The smallest absolute Gasteiger partial charge is 0.305 e. The first-order valence-corrected chi connectivity index (χ1v) is 4.95. The van der Waals surface area contributed by atoms with Crippen LogP contribution in [-0.2, 0) is 4.79 Å². The Labute approximate surface area is 92.7 Å². The molecule has 0 radical (unpaired) electrons. The van der Waals surface area contributed by atoms with Crippen LogP contribution in [0.25, 0.3) is 0 Å². The minimum Gasteiger partial charge on any atom is -0.481 e. The Balaban J connectivity index is 2.69. The second-order valence-corrected chi connectivity index (χ2v) is 3.31. The van der Waals surface area contributed by atoms with Gasteiger partial charge in [0.25, 0.3) is 0 Å². The normalized spacial score (nSPS) is 10.0. The van der Waals surface area contributed by atoms with E-state index in [4.69, 9.17) is 16.7 Å². The number of carboxylic acids is 1. The Morgan fingerprint density at radius 3 is 2.87 bits per heavy atom. The molecule has 1 aromatic heterocycles. The van der Waals surface area contributed by atoms with Gasteiger partial charge in [-0.25, -0.2) is 4.98 Å². The third-order valence-electron chi connectivity index (χ3n) is 1.89. The molecule has 0 unspecified atom stereocenters. The van der Waals surface area contributed by atoms with Crippen LogP contribution < -0.4 is 4.90 Å². The van der Waals surface area contributed by atoms with Crippen molar-refractivity contribution in [1.29, 1.82) is 0 Å². The zero-order valence-corrected chi connectivity index (χ0v) is 9.11. The number of aromatic nitrogens is 2. The molecule has 0 aliphatic heterocycles. The largest absolute Gasteiger partial charge is 0.481 e. The maximum absolute atomic E-state index is 10.4. The van der Waals surface area contributed by atoms with E-state index in [0.29, 0.717) is 24.1 Å². The van der Waals surface area contributed by atoms with E-state index in [1.807, 2.05) is 11.8 Å². The fraction of sp³-hybridized carbons (Fsp3) is 0.444. The average Bonchev–Trinajstić information content (AvgIpc) is 2.18. The van der Waals surface area contributed by atoms with Crippen LogP contribution in [0.5, 0.6) is 0 Å².